The van der Waals surface area contributed by atoms with Crippen LogP contribution in [0.5, 0.6) is 0 Å². The van der Waals surface area contributed by atoms with Crippen LogP contribution in [0.15, 0.2) is 197 Å². The van der Waals surface area contributed by atoms with Crippen LogP contribution in [0, 0.1) is 0 Å². The van der Waals surface area contributed by atoms with Crippen LogP contribution >= 0.6 is 0 Å². The molecule has 0 atom stereocenters. The first kappa shape index (κ1) is 31.9. The third-order valence-corrected chi connectivity index (χ3v) is 13.0. The van der Waals surface area contributed by atoms with Gasteiger partial charge in [-0.2, -0.15) is 0 Å². The van der Waals surface area contributed by atoms with E-state index in [4.69, 9.17) is 4.42 Å². The fraction of sp³-hybridized carbons (Fsp3) is 0. The number of benzene rings is 9. The Morgan fingerprint density at radius 1 is 0.350 bits per heavy atom. The largest absolute Gasteiger partial charge is 0.456 e. The predicted molar refractivity (Wildman–Crippen MR) is 249 cm³/mol. The second kappa shape index (κ2) is 11.5. The molecule has 0 radical (unpaired) electrons. The molecule has 0 aliphatic heterocycles. The van der Waals surface area contributed by atoms with Crippen LogP contribution in [-0.4, -0.2) is 13.5 Å². The van der Waals surface area contributed by atoms with Crippen LogP contribution in [0.3, 0.4) is 0 Å². The molecule has 5 heteroatoms. The van der Waals surface area contributed by atoms with Crippen molar-refractivity contribution in [2.75, 3.05) is 0 Å². The molecule has 278 valence electrons. The average Bonchev–Trinajstić information content (AvgIpc) is 4.05. The van der Waals surface area contributed by atoms with Gasteiger partial charge < -0.3 is 13.6 Å². The van der Waals surface area contributed by atoms with Crippen LogP contribution in [-0.2, 0) is 0 Å². The third-order valence-electron chi connectivity index (χ3n) is 13.0. The van der Waals surface area contributed by atoms with Gasteiger partial charge in [-0.05, 0) is 89.3 Å². The van der Waals surface area contributed by atoms with E-state index in [-0.39, 0.29) is 5.56 Å². The van der Waals surface area contributed by atoms with Crippen LogP contribution in [0.1, 0.15) is 0 Å². The third kappa shape index (κ3) is 4.03. The van der Waals surface area contributed by atoms with Crippen molar-refractivity contribution in [3.05, 3.63) is 198 Å². The summed E-state index contributed by atoms with van der Waals surface area (Å²) in [5.41, 5.74) is 12.6. The van der Waals surface area contributed by atoms with E-state index in [1.54, 1.807) is 0 Å². The SMILES string of the molecule is O=c1c2ccccc2c2cccc3c4cc(-c5cccc6oc7ccc(-n8c9ccccc9c9c8ccc8c%10ccccc%10n(-c%10ccccc%10)c89)cc7c56)ccc4n1c23. The molecule has 14 aromatic rings. The summed E-state index contributed by atoms with van der Waals surface area (Å²) in [6, 6.07) is 66.5. The molecule has 0 unspecified atom stereocenters. The number of rotatable bonds is 3. The smallest absolute Gasteiger partial charge is 0.263 e. The topological polar surface area (TPSA) is 44.5 Å². The highest BCUT2D eigenvalue weighted by Gasteiger charge is 2.23. The number of fused-ring (bicyclic) bond motifs is 15. The minimum absolute atomic E-state index is 0.0137. The van der Waals surface area contributed by atoms with Gasteiger partial charge in [0.1, 0.15) is 11.2 Å². The summed E-state index contributed by atoms with van der Waals surface area (Å²) in [6.45, 7) is 0. The minimum atomic E-state index is 0.0137. The Morgan fingerprint density at radius 2 is 1.02 bits per heavy atom. The summed E-state index contributed by atoms with van der Waals surface area (Å²) >= 11 is 0. The van der Waals surface area contributed by atoms with Crippen molar-refractivity contribution in [2.24, 2.45) is 0 Å². The highest BCUT2D eigenvalue weighted by atomic mass is 16.3. The molecule has 0 bridgehead atoms. The van der Waals surface area contributed by atoms with Gasteiger partial charge in [0.15, 0.2) is 0 Å². The Labute approximate surface area is 341 Å². The first-order valence-corrected chi connectivity index (χ1v) is 20.4. The van der Waals surface area contributed by atoms with E-state index in [9.17, 15) is 4.79 Å². The second-order valence-corrected chi connectivity index (χ2v) is 16.0. The number of nitrogens with zero attached hydrogens (tertiary/aromatic N) is 3. The zero-order valence-corrected chi connectivity index (χ0v) is 32.1. The number of pyridine rings is 1. The molecule has 0 aliphatic rings. The average molecular weight is 766 g/mol. The molecule has 5 nitrogen and oxygen atoms in total. The first-order chi connectivity index (χ1) is 29.7. The van der Waals surface area contributed by atoms with Crippen molar-refractivity contribution in [3.63, 3.8) is 0 Å². The monoisotopic (exact) mass is 765 g/mol. The van der Waals surface area contributed by atoms with Crippen LogP contribution in [0.2, 0.25) is 0 Å². The Morgan fingerprint density at radius 3 is 1.87 bits per heavy atom. The Kier molecular flexibility index (Phi) is 6.11. The molecule has 0 saturated heterocycles. The van der Waals surface area contributed by atoms with Gasteiger partial charge in [0.05, 0.1) is 33.1 Å². The standard InChI is InChI=1S/C55H31N3O2/c59-55-41-16-5-4-14-36(41)38-19-10-20-39-43-30-32(24-27-47(43)58(55)53(38)39)35-18-11-23-50-51(35)44-31-34(25-29-49(44)60-50)56-46-22-9-7-17-42(46)52-48(56)28-26-40-37-15-6-8-21-45(37)57(54(40)52)33-12-2-1-3-13-33/h1-31H. The zero-order chi connectivity index (χ0) is 39.2. The lowest BCUT2D eigenvalue weighted by Crippen LogP contribution is -2.12. The van der Waals surface area contributed by atoms with E-state index < -0.39 is 0 Å². The molecule has 0 amide bonds. The summed E-state index contributed by atoms with van der Waals surface area (Å²) in [6.07, 6.45) is 0. The molecule has 9 aromatic carbocycles. The molecular formula is C55H31N3O2. The fourth-order valence-corrected chi connectivity index (χ4v) is 10.5. The van der Waals surface area contributed by atoms with Crippen LogP contribution in [0.4, 0.5) is 0 Å². The minimum Gasteiger partial charge on any atom is -0.456 e. The van der Waals surface area contributed by atoms with Crippen molar-refractivity contribution in [3.8, 4) is 22.5 Å². The maximum absolute atomic E-state index is 14.0. The molecule has 5 heterocycles. The van der Waals surface area contributed by atoms with Gasteiger partial charge in [-0.3, -0.25) is 9.20 Å². The van der Waals surface area contributed by atoms with Crippen molar-refractivity contribution >= 4 is 104 Å². The van der Waals surface area contributed by atoms with Crippen LogP contribution < -0.4 is 5.56 Å². The van der Waals surface area contributed by atoms with Crippen molar-refractivity contribution in [1.82, 2.24) is 13.5 Å². The van der Waals surface area contributed by atoms with Gasteiger partial charge in [-0.25, -0.2) is 0 Å². The van der Waals surface area contributed by atoms with E-state index in [1.807, 2.05) is 22.6 Å². The lowest BCUT2D eigenvalue weighted by atomic mass is 9.97. The second-order valence-electron chi connectivity index (χ2n) is 16.0. The fourth-order valence-electron chi connectivity index (χ4n) is 10.5. The van der Waals surface area contributed by atoms with Gasteiger partial charge in [0.25, 0.3) is 5.56 Å². The highest BCUT2D eigenvalue weighted by molar-refractivity contribution is 6.27. The Balaban J connectivity index is 1.03. The zero-order valence-electron chi connectivity index (χ0n) is 32.1. The number of para-hydroxylation sites is 4. The van der Waals surface area contributed by atoms with Crippen LogP contribution in [0.25, 0.3) is 126 Å². The van der Waals surface area contributed by atoms with Crippen molar-refractivity contribution in [2.45, 2.75) is 0 Å². The molecule has 5 aromatic heterocycles. The maximum Gasteiger partial charge on any atom is 0.263 e. The summed E-state index contributed by atoms with van der Waals surface area (Å²) < 4.78 is 13.4. The van der Waals surface area contributed by atoms with Crippen molar-refractivity contribution in [1.29, 1.82) is 0 Å². The molecule has 0 N–H and O–H groups in total. The molecule has 60 heavy (non-hydrogen) atoms. The molecule has 0 aliphatic carbocycles. The molecule has 0 spiro atoms. The molecule has 14 rings (SSSR count). The Hall–Kier alpha value is -8.15. The number of aromatic nitrogens is 3. The predicted octanol–water partition coefficient (Wildman–Crippen LogP) is 14.0. The molecular weight excluding hydrogens is 735 g/mol. The lowest BCUT2D eigenvalue weighted by molar-refractivity contribution is 0.669. The maximum atomic E-state index is 14.0. The van der Waals surface area contributed by atoms with E-state index >= 15 is 0 Å². The number of hydrogen-bond acceptors (Lipinski definition) is 2. The van der Waals surface area contributed by atoms with E-state index in [2.05, 4.69) is 179 Å². The molecule has 0 fully saturated rings. The normalized spacial score (nSPS) is 12.4. The van der Waals surface area contributed by atoms with E-state index in [1.165, 1.54) is 32.6 Å². The van der Waals surface area contributed by atoms with E-state index in [0.717, 1.165) is 93.4 Å². The lowest BCUT2D eigenvalue weighted by Gasteiger charge is -2.10. The van der Waals surface area contributed by atoms with Crippen molar-refractivity contribution < 1.29 is 4.42 Å². The molecule has 0 saturated carbocycles. The highest BCUT2D eigenvalue weighted by Crippen LogP contribution is 2.44. The number of hydrogen-bond donors (Lipinski definition) is 0. The summed E-state index contributed by atoms with van der Waals surface area (Å²) in [5, 5.41) is 12.0. The Bertz CT molecular complexity index is 4200. The summed E-state index contributed by atoms with van der Waals surface area (Å²) in [5.74, 6) is 0. The van der Waals surface area contributed by atoms with Gasteiger partial charge in [0, 0.05) is 65.2 Å². The summed E-state index contributed by atoms with van der Waals surface area (Å²) in [7, 11) is 0. The van der Waals surface area contributed by atoms with Gasteiger partial charge in [-0.1, -0.05) is 115 Å². The van der Waals surface area contributed by atoms with Gasteiger partial charge in [-0.15, -0.1) is 0 Å². The first-order valence-electron chi connectivity index (χ1n) is 20.4. The van der Waals surface area contributed by atoms with Gasteiger partial charge in [0.2, 0.25) is 0 Å². The quantitative estimate of drug-likeness (QED) is 0.168. The van der Waals surface area contributed by atoms with E-state index in [0.29, 0.717) is 0 Å². The van der Waals surface area contributed by atoms with Gasteiger partial charge >= 0.3 is 0 Å². The number of furan rings is 1. The summed E-state index contributed by atoms with van der Waals surface area (Å²) in [4.78, 5) is 14.0.